The van der Waals surface area contributed by atoms with Gasteiger partial charge in [-0.25, -0.2) is 4.79 Å². The molecule has 24 heteroatoms. The lowest BCUT2D eigenvalue weighted by molar-refractivity contribution is -0.132. The number of nitrogens with one attached hydrogen (secondary N) is 4. The van der Waals surface area contributed by atoms with E-state index in [1.165, 1.54) is 36.2 Å². The first-order valence-corrected chi connectivity index (χ1v) is 29.0. The molecule has 6 amide bonds. The average Bonchev–Trinajstić information content (AvgIpc) is 4.16. The molecule has 0 spiro atoms. The van der Waals surface area contributed by atoms with Gasteiger partial charge in [-0.15, -0.1) is 0 Å². The number of carbonyl (C=O) groups is 6. The summed E-state index contributed by atoms with van der Waals surface area (Å²) in [7, 11) is -1.73. The number of hydrogen-bond acceptors (Lipinski definition) is 16. The molecule has 0 fully saturated rings. The second kappa shape index (κ2) is 27.6. The first kappa shape index (κ1) is 62.2. The smallest absolute Gasteiger partial charge is 0.414 e. The van der Waals surface area contributed by atoms with Gasteiger partial charge in [0.1, 0.15) is 12.6 Å². The Hall–Kier alpha value is -7.41. The Morgan fingerprint density at radius 3 is 2.09 bits per heavy atom. The molecule has 0 aliphatic carbocycles. The minimum atomic E-state index is -4.62. The maximum Gasteiger partial charge on any atom is 0.414 e. The minimum absolute atomic E-state index is 0.0557. The van der Waals surface area contributed by atoms with Crippen molar-refractivity contribution in [3.05, 3.63) is 88.8 Å². The van der Waals surface area contributed by atoms with E-state index in [0.29, 0.717) is 62.3 Å². The third-order valence-electron chi connectivity index (χ3n) is 14.4. The summed E-state index contributed by atoms with van der Waals surface area (Å²) in [6.07, 6.45) is 5.98. The molecule has 446 valence electrons. The molecule has 0 bridgehead atoms. The number of fused-ring (bicyclic) bond motifs is 4. The summed E-state index contributed by atoms with van der Waals surface area (Å²) in [5.41, 5.74) is 3.18. The lowest BCUT2D eigenvalue weighted by Crippen LogP contribution is -2.51. The average molecular weight is 1160 g/mol. The predicted molar refractivity (Wildman–Crippen MR) is 305 cm³/mol. The number of amides is 6. The van der Waals surface area contributed by atoms with Crippen LogP contribution in [0.2, 0.25) is 0 Å². The van der Waals surface area contributed by atoms with Gasteiger partial charge in [0.05, 0.1) is 93.7 Å². The van der Waals surface area contributed by atoms with Crippen LogP contribution in [0.4, 0.5) is 21.9 Å². The Morgan fingerprint density at radius 1 is 0.805 bits per heavy atom. The van der Waals surface area contributed by atoms with Crippen LogP contribution in [0.5, 0.6) is 23.0 Å². The summed E-state index contributed by atoms with van der Waals surface area (Å²) in [5, 5.41) is 9.50. The monoisotopic (exact) mass is 1160 g/mol. The summed E-state index contributed by atoms with van der Waals surface area (Å²) in [6.45, 7) is 14.5. The summed E-state index contributed by atoms with van der Waals surface area (Å²) in [6, 6.07) is 10.7. The van der Waals surface area contributed by atoms with E-state index in [2.05, 4.69) is 21.3 Å². The van der Waals surface area contributed by atoms with Gasteiger partial charge in [-0.2, -0.15) is 8.42 Å². The van der Waals surface area contributed by atoms with Crippen LogP contribution in [0.15, 0.2) is 72.1 Å². The maximum atomic E-state index is 14.1. The molecular formula is C58H77N7O16S. The number of benzene rings is 3. The molecule has 7 rings (SSSR count). The Morgan fingerprint density at radius 2 is 1.44 bits per heavy atom. The molecule has 0 radical (unpaired) electrons. The molecule has 3 aromatic rings. The molecular weight excluding hydrogens is 1080 g/mol. The minimum Gasteiger partial charge on any atom is -0.493 e. The number of anilines is 3. The zero-order chi connectivity index (χ0) is 59.5. The van der Waals surface area contributed by atoms with Crippen molar-refractivity contribution in [3.63, 3.8) is 0 Å². The number of methoxy groups -OCH3 is 2. The fourth-order valence-corrected chi connectivity index (χ4v) is 10.9. The van der Waals surface area contributed by atoms with Crippen molar-refractivity contribution < 1.29 is 74.9 Å². The van der Waals surface area contributed by atoms with E-state index in [4.69, 9.17) is 33.2 Å². The summed E-state index contributed by atoms with van der Waals surface area (Å²) in [4.78, 5) is 85.1. The molecule has 5 N–H and O–H groups in total. The van der Waals surface area contributed by atoms with Crippen LogP contribution in [0.25, 0.3) is 0 Å². The Balaban J connectivity index is 0.911. The first-order chi connectivity index (χ1) is 39.0. The lowest BCUT2D eigenvalue weighted by Gasteiger charge is -2.26. The van der Waals surface area contributed by atoms with E-state index in [0.717, 1.165) is 11.1 Å². The molecule has 82 heavy (non-hydrogen) atoms. The third kappa shape index (κ3) is 15.8. The zero-order valence-electron chi connectivity index (χ0n) is 48.1. The molecule has 23 nitrogen and oxygen atoms in total. The van der Waals surface area contributed by atoms with Crippen molar-refractivity contribution in [1.82, 2.24) is 20.4 Å². The van der Waals surface area contributed by atoms with Crippen molar-refractivity contribution in [1.29, 1.82) is 0 Å². The fraction of sp³-hybridized carbons (Fsp3) is 0.517. The van der Waals surface area contributed by atoms with E-state index >= 15 is 0 Å². The van der Waals surface area contributed by atoms with E-state index in [1.807, 2.05) is 27.7 Å². The van der Waals surface area contributed by atoms with Crippen molar-refractivity contribution in [3.8, 4) is 23.0 Å². The van der Waals surface area contributed by atoms with Gasteiger partial charge in [0.2, 0.25) is 17.7 Å². The standard InChI is InChI=1S/C58H77N7O16S/c1-10-77-23-19-58(6,7)81-22-18-50(66)62-52(35(2)3)53(68)59-30-51(67)60-39-16-14-38(15-17-39)34-80-57(71)65-33-40-24-36(4)31-63(40)56(70)42-27-47(76-9)49(29-44(42)65)79-21-13-11-12-20-78-48-28-43-41(26-46(48)75-8)55(69)64-32-37(5)25-45(64)54(61-43)82(72,73)74/h14-17,26-29,31-32,35,40,45,52,54,61H,10-13,18-25,30,33-34H2,1-9H3,(H,59,68)(H,60,67)(H,62,66)(H,72,73,74)/t40?,45-,52?,54?/m0/s1. The fourth-order valence-electron chi connectivity index (χ4n) is 10.0. The van der Waals surface area contributed by atoms with Crippen LogP contribution in [0, 0.1) is 5.92 Å². The number of carbonyl (C=O) groups excluding carboxylic acids is 6. The van der Waals surface area contributed by atoms with Crippen LogP contribution in [0.3, 0.4) is 0 Å². The predicted octanol–water partition coefficient (Wildman–Crippen LogP) is 7.17. The van der Waals surface area contributed by atoms with Crippen molar-refractivity contribution in [2.75, 3.05) is 75.9 Å². The second-order valence-electron chi connectivity index (χ2n) is 21.6. The highest BCUT2D eigenvalue weighted by atomic mass is 32.2. The quantitative estimate of drug-likeness (QED) is 0.0373. The molecule has 4 heterocycles. The van der Waals surface area contributed by atoms with Crippen LogP contribution in [0.1, 0.15) is 120 Å². The highest BCUT2D eigenvalue weighted by Gasteiger charge is 2.45. The molecule has 3 aromatic carbocycles. The van der Waals surface area contributed by atoms with Gasteiger partial charge in [-0.3, -0.25) is 33.4 Å². The van der Waals surface area contributed by atoms with E-state index in [9.17, 15) is 41.7 Å². The Bertz CT molecular complexity index is 3020. The second-order valence-corrected chi connectivity index (χ2v) is 23.2. The summed E-state index contributed by atoms with van der Waals surface area (Å²) in [5.74, 6) is -1.24. The van der Waals surface area contributed by atoms with Crippen LogP contribution in [-0.4, -0.2) is 148 Å². The van der Waals surface area contributed by atoms with Crippen molar-refractivity contribution in [2.24, 2.45) is 5.92 Å². The van der Waals surface area contributed by atoms with Gasteiger partial charge in [-0.1, -0.05) is 37.1 Å². The molecule has 4 atom stereocenters. The van der Waals surface area contributed by atoms with Gasteiger partial charge in [0.25, 0.3) is 21.9 Å². The SMILES string of the molecule is CCOCCC(C)(C)OCCC(=O)NC(C(=O)NCC(=O)Nc1ccc(COC(=O)N2CC3CC(C)=CN3C(=O)c3cc(OC)c(OCCCCCOc4cc5c(cc4OC)C(=O)N4C=C(C)C[C@H]4C(S(=O)(=O)O)N5)cc32)cc1)C(C)C. The lowest BCUT2D eigenvalue weighted by atomic mass is 10.0. The molecule has 0 saturated heterocycles. The zero-order valence-corrected chi connectivity index (χ0v) is 48.9. The Kier molecular flexibility index (Phi) is 20.9. The molecule has 4 aliphatic rings. The topological polar surface area (TPSA) is 279 Å². The summed E-state index contributed by atoms with van der Waals surface area (Å²) < 4.78 is 75.9. The van der Waals surface area contributed by atoms with E-state index in [-0.39, 0.29) is 116 Å². The molecule has 3 unspecified atom stereocenters. The maximum absolute atomic E-state index is 14.1. The van der Waals surface area contributed by atoms with E-state index in [1.54, 1.807) is 74.5 Å². The number of nitrogens with zero attached hydrogens (tertiary/aromatic N) is 3. The van der Waals surface area contributed by atoms with Crippen LogP contribution in [-0.2, 0) is 45.3 Å². The van der Waals surface area contributed by atoms with Gasteiger partial charge in [0.15, 0.2) is 28.4 Å². The third-order valence-corrected chi connectivity index (χ3v) is 15.5. The van der Waals surface area contributed by atoms with Gasteiger partial charge >= 0.3 is 6.09 Å². The molecule has 4 aliphatic heterocycles. The first-order valence-electron chi connectivity index (χ1n) is 27.5. The van der Waals surface area contributed by atoms with Gasteiger partial charge < -0.3 is 64.2 Å². The van der Waals surface area contributed by atoms with Crippen LogP contribution >= 0.6 is 0 Å². The number of rotatable bonds is 27. The normalized spacial score (nSPS) is 17.9. The van der Waals surface area contributed by atoms with Crippen LogP contribution < -0.4 is 45.1 Å². The van der Waals surface area contributed by atoms with Crippen molar-refractivity contribution >= 4 is 62.8 Å². The van der Waals surface area contributed by atoms with Gasteiger partial charge in [-0.05, 0) is 109 Å². The molecule has 0 saturated carbocycles. The highest BCUT2D eigenvalue weighted by Crippen LogP contribution is 2.42. The molecule has 0 aromatic heterocycles. The number of unbranched alkanes of at least 4 members (excludes halogenated alkanes) is 2. The highest BCUT2D eigenvalue weighted by molar-refractivity contribution is 7.86. The van der Waals surface area contributed by atoms with Crippen molar-refractivity contribution in [2.45, 2.75) is 129 Å². The number of ether oxygens (including phenoxy) is 7. The number of hydrogen-bond donors (Lipinski definition) is 5. The van der Waals surface area contributed by atoms with E-state index < -0.39 is 57.0 Å². The Labute approximate surface area is 479 Å². The summed E-state index contributed by atoms with van der Waals surface area (Å²) >= 11 is 0. The largest absolute Gasteiger partial charge is 0.493 e. The van der Waals surface area contributed by atoms with Gasteiger partial charge in [0, 0.05) is 43.4 Å².